The fourth-order valence-electron chi connectivity index (χ4n) is 4.05. The average molecular weight is 291 g/mol. The first-order valence-electron chi connectivity index (χ1n) is 7.82. The predicted octanol–water partition coefficient (Wildman–Crippen LogP) is 2.22. The molecule has 0 radical (unpaired) electrons. The van der Waals surface area contributed by atoms with Crippen molar-refractivity contribution in [2.24, 2.45) is 23.7 Å². The van der Waals surface area contributed by atoms with Crippen LogP contribution in [0.1, 0.15) is 45.4 Å². The Morgan fingerprint density at radius 3 is 2.29 bits per heavy atom. The highest BCUT2D eigenvalue weighted by molar-refractivity contribution is 6.01. The van der Waals surface area contributed by atoms with Gasteiger partial charge in [0, 0.05) is 12.8 Å². The highest BCUT2D eigenvalue weighted by Crippen LogP contribution is 2.51. The number of imide groups is 1. The van der Waals surface area contributed by atoms with E-state index in [2.05, 4.69) is 19.1 Å². The molecule has 2 aliphatic carbocycles. The van der Waals surface area contributed by atoms with Gasteiger partial charge in [-0.15, -0.1) is 5.06 Å². The van der Waals surface area contributed by atoms with E-state index in [1.165, 1.54) is 0 Å². The van der Waals surface area contributed by atoms with Crippen molar-refractivity contribution in [2.45, 2.75) is 45.4 Å². The van der Waals surface area contributed by atoms with Crippen LogP contribution in [0, 0.1) is 23.7 Å². The minimum absolute atomic E-state index is 0.142. The largest absolute Gasteiger partial charge is 0.336 e. The average Bonchev–Trinajstić information content (AvgIpc) is 2.73. The summed E-state index contributed by atoms with van der Waals surface area (Å²) >= 11 is 0. The maximum atomic E-state index is 12.3. The van der Waals surface area contributed by atoms with E-state index >= 15 is 0 Å². The Hall–Kier alpha value is -1.65. The zero-order valence-electron chi connectivity index (χ0n) is 12.3. The van der Waals surface area contributed by atoms with Crippen molar-refractivity contribution >= 4 is 17.8 Å². The van der Waals surface area contributed by atoms with E-state index in [0.717, 1.165) is 25.7 Å². The lowest BCUT2D eigenvalue weighted by Gasteiger charge is -2.50. The number of nitrogens with zero attached hydrogens (tertiary/aromatic N) is 1. The van der Waals surface area contributed by atoms with Gasteiger partial charge in [-0.05, 0) is 43.4 Å². The minimum Gasteiger partial charge on any atom is -0.330 e. The second-order valence-electron chi connectivity index (χ2n) is 6.33. The fraction of sp³-hybridized carbons (Fsp3) is 0.688. The molecule has 4 atom stereocenters. The van der Waals surface area contributed by atoms with E-state index in [-0.39, 0.29) is 24.7 Å². The van der Waals surface area contributed by atoms with Gasteiger partial charge in [0.2, 0.25) is 0 Å². The van der Waals surface area contributed by atoms with Crippen LogP contribution in [0.4, 0.5) is 0 Å². The molecular weight excluding hydrogens is 270 g/mol. The molecule has 21 heavy (non-hydrogen) atoms. The molecule has 0 bridgehead atoms. The van der Waals surface area contributed by atoms with E-state index in [0.29, 0.717) is 16.9 Å². The van der Waals surface area contributed by atoms with Crippen LogP contribution in [-0.4, -0.2) is 22.8 Å². The molecule has 2 fully saturated rings. The van der Waals surface area contributed by atoms with Gasteiger partial charge in [-0.25, -0.2) is 4.79 Å². The summed E-state index contributed by atoms with van der Waals surface area (Å²) in [7, 11) is 0. The number of hydrogen-bond donors (Lipinski definition) is 0. The van der Waals surface area contributed by atoms with Crippen molar-refractivity contribution in [3.05, 3.63) is 12.2 Å². The topological polar surface area (TPSA) is 63.7 Å². The fourth-order valence-corrected chi connectivity index (χ4v) is 4.05. The molecule has 2 amide bonds. The van der Waals surface area contributed by atoms with Crippen molar-refractivity contribution in [1.82, 2.24) is 5.06 Å². The summed E-state index contributed by atoms with van der Waals surface area (Å²) in [5.41, 5.74) is 0. The second-order valence-corrected chi connectivity index (χ2v) is 6.33. The van der Waals surface area contributed by atoms with Crippen molar-refractivity contribution in [1.29, 1.82) is 0 Å². The van der Waals surface area contributed by atoms with Gasteiger partial charge in [-0.3, -0.25) is 9.59 Å². The summed E-state index contributed by atoms with van der Waals surface area (Å²) in [6.45, 7) is 2.08. The highest BCUT2D eigenvalue weighted by atomic mass is 16.7. The number of hydroxylamine groups is 2. The number of fused-ring (bicyclic) bond motifs is 1. The van der Waals surface area contributed by atoms with Gasteiger partial charge in [0.1, 0.15) is 0 Å². The van der Waals surface area contributed by atoms with E-state index in [9.17, 15) is 14.4 Å². The maximum Gasteiger partial charge on any atom is 0.336 e. The van der Waals surface area contributed by atoms with Crippen LogP contribution >= 0.6 is 0 Å². The van der Waals surface area contributed by atoms with Crippen LogP contribution in [0.2, 0.25) is 0 Å². The Morgan fingerprint density at radius 2 is 1.67 bits per heavy atom. The number of amides is 2. The predicted molar refractivity (Wildman–Crippen MR) is 74.4 cm³/mol. The lowest BCUT2D eigenvalue weighted by Crippen LogP contribution is -2.51. The quantitative estimate of drug-likeness (QED) is 0.578. The molecule has 1 saturated carbocycles. The van der Waals surface area contributed by atoms with Crippen LogP contribution in [-0.2, 0) is 19.2 Å². The zero-order chi connectivity index (χ0) is 15.0. The van der Waals surface area contributed by atoms with Gasteiger partial charge in [0.15, 0.2) is 0 Å². The van der Waals surface area contributed by atoms with Crippen molar-refractivity contribution in [3.63, 3.8) is 0 Å². The molecule has 1 heterocycles. The summed E-state index contributed by atoms with van der Waals surface area (Å²) in [4.78, 5) is 40.5. The van der Waals surface area contributed by atoms with Crippen molar-refractivity contribution in [3.8, 4) is 0 Å². The lowest BCUT2D eigenvalue weighted by atomic mass is 9.54. The highest BCUT2D eigenvalue weighted by Gasteiger charge is 2.52. The van der Waals surface area contributed by atoms with Gasteiger partial charge in [-0.1, -0.05) is 19.1 Å². The van der Waals surface area contributed by atoms with Gasteiger partial charge in [0.05, 0.1) is 5.92 Å². The summed E-state index contributed by atoms with van der Waals surface area (Å²) in [6, 6.07) is 0. The summed E-state index contributed by atoms with van der Waals surface area (Å²) in [5, 5.41) is 0.672. The smallest absolute Gasteiger partial charge is 0.330 e. The van der Waals surface area contributed by atoms with Gasteiger partial charge in [-0.2, -0.15) is 0 Å². The second kappa shape index (κ2) is 5.62. The number of allylic oxidation sites excluding steroid dienone is 2. The summed E-state index contributed by atoms with van der Waals surface area (Å²) in [6.07, 6.45) is 8.81. The Kier molecular flexibility index (Phi) is 3.83. The van der Waals surface area contributed by atoms with E-state index < -0.39 is 17.8 Å². The molecule has 0 N–H and O–H groups in total. The minimum atomic E-state index is -0.406. The Labute approximate surface area is 124 Å². The molecule has 3 rings (SSSR count). The number of carbonyl (C=O) groups excluding carboxylic acids is 3. The van der Waals surface area contributed by atoms with Gasteiger partial charge < -0.3 is 4.84 Å². The van der Waals surface area contributed by atoms with Crippen molar-refractivity contribution < 1.29 is 19.2 Å². The van der Waals surface area contributed by atoms with Crippen LogP contribution in [0.25, 0.3) is 0 Å². The summed E-state index contributed by atoms with van der Waals surface area (Å²) in [5.74, 6) is -0.251. The molecule has 5 heteroatoms. The molecule has 4 unspecified atom stereocenters. The Balaban J connectivity index is 1.66. The molecular formula is C16H21NO4. The monoisotopic (exact) mass is 291 g/mol. The normalized spacial score (nSPS) is 37.3. The van der Waals surface area contributed by atoms with E-state index in [4.69, 9.17) is 4.84 Å². The SMILES string of the molecule is CC1C2CC/C=C\CCC2C1C(=O)ON1C(=O)CCC1=O. The Bertz CT molecular complexity index is 483. The number of rotatable bonds is 2. The molecule has 0 aromatic carbocycles. The third-order valence-electron chi connectivity index (χ3n) is 5.21. The van der Waals surface area contributed by atoms with E-state index in [1.54, 1.807) is 0 Å². The molecule has 114 valence electrons. The van der Waals surface area contributed by atoms with Crippen LogP contribution < -0.4 is 0 Å². The van der Waals surface area contributed by atoms with E-state index in [1.807, 2.05) is 0 Å². The molecule has 0 aromatic rings. The van der Waals surface area contributed by atoms with Crippen LogP contribution in [0.5, 0.6) is 0 Å². The first-order chi connectivity index (χ1) is 10.1. The van der Waals surface area contributed by atoms with Crippen LogP contribution in [0.15, 0.2) is 12.2 Å². The van der Waals surface area contributed by atoms with Gasteiger partial charge in [0.25, 0.3) is 11.8 Å². The first-order valence-corrected chi connectivity index (χ1v) is 7.82. The standard InChI is InChI=1S/C16H21NO4/c1-10-11-6-4-2-3-5-7-12(11)15(10)16(20)21-17-13(18)8-9-14(17)19/h2-3,10-12,15H,4-9H2,1H3/b3-2-. The molecule has 1 aliphatic heterocycles. The third-order valence-corrected chi connectivity index (χ3v) is 5.21. The molecule has 1 saturated heterocycles. The van der Waals surface area contributed by atoms with Crippen molar-refractivity contribution in [2.75, 3.05) is 0 Å². The molecule has 0 spiro atoms. The Morgan fingerprint density at radius 1 is 1.10 bits per heavy atom. The maximum absolute atomic E-state index is 12.3. The lowest BCUT2D eigenvalue weighted by molar-refractivity contribution is -0.210. The molecule has 0 aromatic heterocycles. The molecule has 3 aliphatic rings. The number of carbonyl (C=O) groups is 3. The molecule has 5 nitrogen and oxygen atoms in total. The van der Waals surface area contributed by atoms with Gasteiger partial charge >= 0.3 is 5.97 Å². The third kappa shape index (κ3) is 2.49. The first kappa shape index (κ1) is 14.3. The summed E-state index contributed by atoms with van der Waals surface area (Å²) < 4.78 is 0. The van der Waals surface area contributed by atoms with Crippen LogP contribution in [0.3, 0.4) is 0 Å². The number of hydrogen-bond acceptors (Lipinski definition) is 4. The zero-order valence-corrected chi connectivity index (χ0v) is 12.3.